The smallest absolute Gasteiger partial charge is 0.0249 e. The summed E-state index contributed by atoms with van der Waals surface area (Å²) in [5, 5.41) is 0. The van der Waals surface area contributed by atoms with Crippen molar-refractivity contribution in [2.45, 2.75) is 63.8 Å². The molecule has 0 radical (unpaired) electrons. The lowest BCUT2D eigenvalue weighted by atomic mass is 9.63. The summed E-state index contributed by atoms with van der Waals surface area (Å²) in [4.78, 5) is 0. The van der Waals surface area contributed by atoms with Crippen LogP contribution in [-0.4, -0.2) is 5.54 Å². The summed E-state index contributed by atoms with van der Waals surface area (Å²) in [5.74, 6) is 1.17. The molecule has 1 saturated carbocycles. The minimum Gasteiger partial charge on any atom is -0.324 e. The van der Waals surface area contributed by atoms with Crippen molar-refractivity contribution < 1.29 is 0 Å². The summed E-state index contributed by atoms with van der Waals surface area (Å²) in [6.45, 7) is 4.62. The zero-order valence-electron chi connectivity index (χ0n) is 11.9. The first-order chi connectivity index (χ1) is 8.68. The zero-order chi connectivity index (χ0) is 13.0. The molecule has 1 nitrogen and oxygen atoms in total. The van der Waals surface area contributed by atoms with Crippen LogP contribution in [0.2, 0.25) is 0 Å². The van der Waals surface area contributed by atoms with Gasteiger partial charge in [0, 0.05) is 11.5 Å². The highest BCUT2D eigenvalue weighted by Crippen LogP contribution is 2.44. The van der Waals surface area contributed by atoms with E-state index in [1.807, 2.05) is 0 Å². The Morgan fingerprint density at radius 3 is 2.67 bits per heavy atom. The Morgan fingerprint density at radius 1 is 1.28 bits per heavy atom. The fraction of sp³-hybridized carbons (Fsp3) is 0.647. The second-order valence-electron chi connectivity index (χ2n) is 6.01. The predicted molar refractivity (Wildman–Crippen MR) is 78.6 cm³/mol. The van der Waals surface area contributed by atoms with Crippen molar-refractivity contribution in [3.8, 4) is 0 Å². The third-order valence-corrected chi connectivity index (χ3v) is 4.84. The number of nitrogens with two attached hydrogens (primary N) is 1. The van der Waals surface area contributed by atoms with Gasteiger partial charge < -0.3 is 5.73 Å². The van der Waals surface area contributed by atoms with Crippen LogP contribution in [0.1, 0.15) is 63.9 Å². The summed E-state index contributed by atoms with van der Waals surface area (Å²) >= 11 is 0. The van der Waals surface area contributed by atoms with Gasteiger partial charge in [0.25, 0.3) is 0 Å². The van der Waals surface area contributed by atoms with Gasteiger partial charge in [0.05, 0.1) is 0 Å². The lowest BCUT2D eigenvalue weighted by Gasteiger charge is -2.46. The van der Waals surface area contributed by atoms with Crippen LogP contribution in [-0.2, 0) is 0 Å². The van der Waals surface area contributed by atoms with Gasteiger partial charge >= 0.3 is 0 Å². The Hall–Kier alpha value is -0.820. The SMILES string of the molecule is CCCC(C)C1(N)CCCCC1c1ccccc1. The molecule has 0 spiro atoms. The van der Waals surface area contributed by atoms with Crippen molar-refractivity contribution in [1.82, 2.24) is 0 Å². The third-order valence-electron chi connectivity index (χ3n) is 4.84. The normalized spacial score (nSPS) is 30.1. The lowest BCUT2D eigenvalue weighted by molar-refractivity contribution is 0.166. The van der Waals surface area contributed by atoms with Crippen LogP contribution in [0.5, 0.6) is 0 Å². The van der Waals surface area contributed by atoms with Crippen LogP contribution in [0.25, 0.3) is 0 Å². The van der Waals surface area contributed by atoms with Crippen LogP contribution in [0, 0.1) is 5.92 Å². The summed E-state index contributed by atoms with van der Waals surface area (Å²) in [5.41, 5.74) is 8.32. The van der Waals surface area contributed by atoms with E-state index in [0.29, 0.717) is 11.8 Å². The molecule has 1 fully saturated rings. The molecular formula is C17H27N. The fourth-order valence-corrected chi connectivity index (χ4v) is 3.68. The number of benzene rings is 1. The monoisotopic (exact) mass is 245 g/mol. The molecule has 0 aromatic heterocycles. The molecule has 2 rings (SSSR count). The average molecular weight is 245 g/mol. The Kier molecular flexibility index (Phi) is 4.45. The Balaban J connectivity index is 2.25. The minimum atomic E-state index is 0.00954. The van der Waals surface area contributed by atoms with E-state index < -0.39 is 0 Å². The number of rotatable bonds is 4. The van der Waals surface area contributed by atoms with E-state index in [2.05, 4.69) is 44.2 Å². The summed E-state index contributed by atoms with van der Waals surface area (Å²) in [7, 11) is 0. The van der Waals surface area contributed by atoms with Gasteiger partial charge in [0.1, 0.15) is 0 Å². The molecule has 0 heterocycles. The van der Waals surface area contributed by atoms with Gasteiger partial charge in [-0.3, -0.25) is 0 Å². The molecule has 1 heteroatoms. The van der Waals surface area contributed by atoms with Gasteiger partial charge in [-0.25, -0.2) is 0 Å². The highest BCUT2D eigenvalue weighted by Gasteiger charge is 2.41. The Morgan fingerprint density at radius 2 is 2.00 bits per heavy atom. The van der Waals surface area contributed by atoms with Crippen molar-refractivity contribution in [3.05, 3.63) is 35.9 Å². The van der Waals surface area contributed by atoms with Crippen LogP contribution >= 0.6 is 0 Å². The third kappa shape index (κ3) is 2.61. The quantitative estimate of drug-likeness (QED) is 0.831. The van der Waals surface area contributed by atoms with E-state index in [4.69, 9.17) is 5.73 Å². The van der Waals surface area contributed by atoms with Gasteiger partial charge in [0.15, 0.2) is 0 Å². The summed E-state index contributed by atoms with van der Waals surface area (Å²) in [6, 6.07) is 10.9. The van der Waals surface area contributed by atoms with Gasteiger partial charge in [0.2, 0.25) is 0 Å². The number of hydrogen-bond donors (Lipinski definition) is 1. The van der Waals surface area contributed by atoms with E-state index in [1.165, 1.54) is 44.1 Å². The molecule has 0 saturated heterocycles. The van der Waals surface area contributed by atoms with Gasteiger partial charge in [-0.1, -0.05) is 63.4 Å². The molecule has 1 aromatic rings. The second-order valence-corrected chi connectivity index (χ2v) is 6.01. The van der Waals surface area contributed by atoms with Crippen molar-refractivity contribution in [2.75, 3.05) is 0 Å². The Labute approximate surface area is 112 Å². The highest BCUT2D eigenvalue weighted by atomic mass is 14.8. The molecule has 18 heavy (non-hydrogen) atoms. The molecule has 3 unspecified atom stereocenters. The molecule has 1 aliphatic rings. The summed E-state index contributed by atoms with van der Waals surface area (Å²) in [6.07, 6.45) is 7.56. The van der Waals surface area contributed by atoms with E-state index >= 15 is 0 Å². The number of hydrogen-bond acceptors (Lipinski definition) is 1. The largest absolute Gasteiger partial charge is 0.324 e. The first kappa shape index (κ1) is 13.6. The molecule has 0 amide bonds. The first-order valence-corrected chi connectivity index (χ1v) is 7.52. The van der Waals surface area contributed by atoms with Crippen LogP contribution in [0.3, 0.4) is 0 Å². The maximum atomic E-state index is 6.86. The Bertz CT molecular complexity index is 359. The molecular weight excluding hydrogens is 218 g/mol. The van der Waals surface area contributed by atoms with Gasteiger partial charge in [-0.15, -0.1) is 0 Å². The molecule has 0 aliphatic heterocycles. The van der Waals surface area contributed by atoms with Crippen molar-refractivity contribution in [2.24, 2.45) is 11.7 Å². The van der Waals surface area contributed by atoms with Gasteiger partial charge in [-0.05, 0) is 30.7 Å². The van der Waals surface area contributed by atoms with Crippen molar-refractivity contribution in [1.29, 1.82) is 0 Å². The van der Waals surface area contributed by atoms with Crippen LogP contribution in [0.4, 0.5) is 0 Å². The van der Waals surface area contributed by atoms with E-state index in [1.54, 1.807) is 0 Å². The zero-order valence-corrected chi connectivity index (χ0v) is 11.9. The predicted octanol–water partition coefficient (Wildman–Crippen LogP) is 4.48. The fourth-order valence-electron chi connectivity index (χ4n) is 3.68. The maximum Gasteiger partial charge on any atom is 0.0249 e. The first-order valence-electron chi connectivity index (χ1n) is 7.52. The van der Waals surface area contributed by atoms with Gasteiger partial charge in [-0.2, -0.15) is 0 Å². The molecule has 3 atom stereocenters. The second kappa shape index (κ2) is 5.88. The van der Waals surface area contributed by atoms with E-state index in [-0.39, 0.29) is 5.54 Å². The molecule has 1 aromatic carbocycles. The van der Waals surface area contributed by atoms with E-state index in [9.17, 15) is 0 Å². The molecule has 0 bridgehead atoms. The van der Waals surface area contributed by atoms with Crippen LogP contribution < -0.4 is 5.73 Å². The van der Waals surface area contributed by atoms with Crippen LogP contribution in [0.15, 0.2) is 30.3 Å². The lowest BCUT2D eigenvalue weighted by Crippen LogP contribution is -2.52. The summed E-state index contributed by atoms with van der Waals surface area (Å²) < 4.78 is 0. The topological polar surface area (TPSA) is 26.0 Å². The molecule has 100 valence electrons. The highest BCUT2D eigenvalue weighted by molar-refractivity contribution is 5.25. The minimum absolute atomic E-state index is 0.00954. The average Bonchev–Trinajstić information content (AvgIpc) is 2.40. The standard InChI is InChI=1S/C17H27N/c1-3-9-14(2)17(18)13-8-7-12-16(17)15-10-5-4-6-11-15/h4-6,10-11,14,16H,3,7-9,12-13,18H2,1-2H3. The molecule has 1 aliphatic carbocycles. The van der Waals surface area contributed by atoms with Crippen molar-refractivity contribution >= 4 is 0 Å². The molecule has 2 N–H and O–H groups in total. The van der Waals surface area contributed by atoms with E-state index in [0.717, 1.165) is 0 Å². The van der Waals surface area contributed by atoms with Crippen molar-refractivity contribution in [3.63, 3.8) is 0 Å². The maximum absolute atomic E-state index is 6.86.